The molecule has 1 aromatic carbocycles. The first-order valence-electron chi connectivity index (χ1n) is 6.67. The topological polar surface area (TPSA) is 97.4 Å². The first-order chi connectivity index (χ1) is 10.6. The lowest BCUT2D eigenvalue weighted by Crippen LogP contribution is -2.14. The number of benzene rings is 1. The van der Waals surface area contributed by atoms with E-state index in [0.717, 1.165) is 15.8 Å². The molecule has 9 heteroatoms. The van der Waals surface area contributed by atoms with E-state index in [1.165, 1.54) is 17.4 Å². The molecule has 8 nitrogen and oxygen atoms in total. The molecule has 114 valence electrons. The van der Waals surface area contributed by atoms with Gasteiger partial charge in [0.05, 0.1) is 16.8 Å². The van der Waals surface area contributed by atoms with Crippen LogP contribution in [-0.4, -0.2) is 32.6 Å². The lowest BCUT2D eigenvalue weighted by atomic mass is 10.2. The van der Waals surface area contributed by atoms with Crippen LogP contribution < -0.4 is 10.6 Å². The Morgan fingerprint density at radius 1 is 1.32 bits per heavy atom. The van der Waals surface area contributed by atoms with Gasteiger partial charge in [-0.25, -0.2) is 9.50 Å². The predicted molar refractivity (Wildman–Crippen MR) is 85.7 cm³/mol. The van der Waals surface area contributed by atoms with Crippen LogP contribution in [0.15, 0.2) is 30.5 Å². The van der Waals surface area contributed by atoms with Crippen molar-refractivity contribution in [2.24, 2.45) is 0 Å². The maximum absolute atomic E-state index is 10.9. The molecule has 2 N–H and O–H groups in total. The van der Waals surface area contributed by atoms with E-state index in [1.807, 2.05) is 13.1 Å². The van der Waals surface area contributed by atoms with Crippen LogP contribution in [0.25, 0.3) is 4.96 Å². The molecule has 0 saturated heterocycles. The maximum Gasteiger partial charge on any atom is 0.292 e. The minimum atomic E-state index is -0.395. The van der Waals surface area contributed by atoms with Crippen LogP contribution in [0.1, 0.15) is 5.69 Å². The van der Waals surface area contributed by atoms with Crippen molar-refractivity contribution in [3.63, 3.8) is 0 Å². The zero-order valence-corrected chi connectivity index (χ0v) is 12.6. The Kier molecular flexibility index (Phi) is 3.88. The first-order valence-corrected chi connectivity index (χ1v) is 7.49. The highest BCUT2D eigenvalue weighted by Gasteiger charge is 2.11. The fraction of sp³-hybridized carbons (Fsp3) is 0.231. The van der Waals surface area contributed by atoms with Crippen LogP contribution in [0.2, 0.25) is 0 Å². The monoisotopic (exact) mass is 318 g/mol. The molecule has 2 heterocycles. The molecule has 0 aliphatic carbocycles. The van der Waals surface area contributed by atoms with Crippen molar-refractivity contribution in [3.05, 3.63) is 46.3 Å². The Balaban J connectivity index is 1.55. The minimum absolute atomic E-state index is 0.0747. The molecule has 0 fully saturated rings. The van der Waals surface area contributed by atoms with Crippen LogP contribution in [0, 0.1) is 17.0 Å². The van der Waals surface area contributed by atoms with Crippen molar-refractivity contribution >= 4 is 32.8 Å². The lowest BCUT2D eigenvalue weighted by Gasteiger charge is -2.07. The average molecular weight is 318 g/mol. The maximum atomic E-state index is 10.9. The van der Waals surface area contributed by atoms with Gasteiger partial charge >= 0.3 is 0 Å². The molecular formula is C13H14N6O2S. The summed E-state index contributed by atoms with van der Waals surface area (Å²) in [5, 5.41) is 22.2. The Bertz CT molecular complexity index is 780. The van der Waals surface area contributed by atoms with Crippen molar-refractivity contribution in [1.82, 2.24) is 14.6 Å². The van der Waals surface area contributed by atoms with Crippen LogP contribution in [0.3, 0.4) is 0 Å². The second kappa shape index (κ2) is 5.98. The number of aromatic nitrogens is 3. The zero-order valence-electron chi connectivity index (χ0n) is 11.8. The number of imidazole rings is 1. The van der Waals surface area contributed by atoms with Gasteiger partial charge in [0.1, 0.15) is 5.69 Å². The number of nitrogens with zero attached hydrogens (tertiary/aromatic N) is 4. The van der Waals surface area contributed by atoms with Crippen LogP contribution in [0.4, 0.5) is 16.5 Å². The highest BCUT2D eigenvalue weighted by atomic mass is 32.1. The lowest BCUT2D eigenvalue weighted by molar-refractivity contribution is -0.384. The average Bonchev–Trinajstić information content (AvgIpc) is 3.00. The van der Waals surface area contributed by atoms with Gasteiger partial charge in [0.2, 0.25) is 10.1 Å². The molecule has 0 spiro atoms. The third-order valence-electron chi connectivity index (χ3n) is 2.98. The number of nitro groups is 1. The molecule has 0 saturated carbocycles. The largest absolute Gasteiger partial charge is 0.378 e. The normalized spacial score (nSPS) is 10.8. The van der Waals surface area contributed by atoms with E-state index in [1.54, 1.807) is 22.7 Å². The number of hydrogen-bond donors (Lipinski definition) is 2. The van der Waals surface area contributed by atoms with Gasteiger partial charge in [-0.15, -0.1) is 5.10 Å². The van der Waals surface area contributed by atoms with E-state index in [9.17, 15) is 10.1 Å². The SMILES string of the molecule is Cc1cn2nc(NCCNc3ccccc3[N+](=O)[O-])sc2n1. The van der Waals surface area contributed by atoms with Crippen molar-refractivity contribution in [2.45, 2.75) is 6.92 Å². The molecule has 0 radical (unpaired) electrons. The van der Waals surface area contributed by atoms with E-state index < -0.39 is 4.92 Å². The summed E-state index contributed by atoms with van der Waals surface area (Å²) in [7, 11) is 0. The Labute approximate surface area is 130 Å². The molecule has 2 aromatic heterocycles. The van der Waals surface area contributed by atoms with Gasteiger partial charge in [-0.05, 0) is 13.0 Å². The van der Waals surface area contributed by atoms with Gasteiger partial charge in [0.15, 0.2) is 0 Å². The molecule has 3 rings (SSSR count). The number of aryl methyl sites for hydroxylation is 1. The van der Waals surface area contributed by atoms with E-state index in [2.05, 4.69) is 20.7 Å². The third kappa shape index (κ3) is 2.98. The Hall–Kier alpha value is -2.68. The molecule has 0 aliphatic rings. The first kappa shape index (κ1) is 14.3. The summed E-state index contributed by atoms with van der Waals surface area (Å²) in [6, 6.07) is 6.59. The van der Waals surface area contributed by atoms with Crippen LogP contribution in [-0.2, 0) is 0 Å². The molecule has 0 atom stereocenters. The molecule has 0 amide bonds. The standard InChI is InChI=1S/C13H14N6O2S/c1-9-8-18-13(16-9)22-12(17-18)15-7-6-14-10-4-2-3-5-11(10)19(20)21/h2-5,8,14H,6-7H2,1H3,(H,15,17). The number of hydrogen-bond acceptors (Lipinski definition) is 7. The molecule has 0 unspecified atom stereocenters. The second-order valence-corrected chi connectivity index (χ2v) is 5.60. The van der Waals surface area contributed by atoms with E-state index in [-0.39, 0.29) is 5.69 Å². The summed E-state index contributed by atoms with van der Waals surface area (Å²) in [5.74, 6) is 0. The minimum Gasteiger partial charge on any atom is -0.378 e. The van der Waals surface area contributed by atoms with Gasteiger partial charge < -0.3 is 10.6 Å². The number of fused-ring (bicyclic) bond motifs is 1. The van der Waals surface area contributed by atoms with Crippen molar-refractivity contribution in [3.8, 4) is 0 Å². The number of para-hydroxylation sites is 2. The number of nitrogens with one attached hydrogen (secondary N) is 2. The van der Waals surface area contributed by atoms with Crippen LogP contribution in [0.5, 0.6) is 0 Å². The summed E-state index contributed by atoms with van der Waals surface area (Å²) in [4.78, 5) is 15.7. The summed E-state index contributed by atoms with van der Waals surface area (Å²) >= 11 is 1.47. The summed E-state index contributed by atoms with van der Waals surface area (Å²) in [6.07, 6.45) is 1.86. The second-order valence-electron chi connectivity index (χ2n) is 4.64. The predicted octanol–water partition coefficient (Wildman–Crippen LogP) is 2.53. The van der Waals surface area contributed by atoms with Crippen molar-refractivity contribution < 1.29 is 4.92 Å². The highest BCUT2D eigenvalue weighted by Crippen LogP contribution is 2.23. The van der Waals surface area contributed by atoms with E-state index >= 15 is 0 Å². The third-order valence-corrected chi connectivity index (χ3v) is 3.86. The molecule has 0 aliphatic heterocycles. The Morgan fingerprint density at radius 2 is 2.09 bits per heavy atom. The van der Waals surface area contributed by atoms with Crippen LogP contribution >= 0.6 is 11.3 Å². The van der Waals surface area contributed by atoms with E-state index in [0.29, 0.717) is 18.8 Å². The van der Waals surface area contributed by atoms with Crippen molar-refractivity contribution in [1.29, 1.82) is 0 Å². The molecule has 3 aromatic rings. The molecule has 22 heavy (non-hydrogen) atoms. The molecule has 0 bridgehead atoms. The van der Waals surface area contributed by atoms with Gasteiger partial charge in [-0.1, -0.05) is 23.5 Å². The van der Waals surface area contributed by atoms with Gasteiger partial charge in [0, 0.05) is 19.2 Å². The van der Waals surface area contributed by atoms with E-state index in [4.69, 9.17) is 0 Å². The smallest absolute Gasteiger partial charge is 0.292 e. The van der Waals surface area contributed by atoms with Gasteiger partial charge in [-0.2, -0.15) is 0 Å². The zero-order chi connectivity index (χ0) is 15.5. The van der Waals surface area contributed by atoms with Gasteiger partial charge in [0.25, 0.3) is 5.69 Å². The highest BCUT2D eigenvalue weighted by molar-refractivity contribution is 7.20. The quantitative estimate of drug-likeness (QED) is 0.412. The summed E-state index contributed by atoms with van der Waals surface area (Å²) in [6.45, 7) is 3.07. The fourth-order valence-electron chi connectivity index (χ4n) is 2.03. The summed E-state index contributed by atoms with van der Waals surface area (Å²) in [5.41, 5.74) is 1.52. The fourth-order valence-corrected chi connectivity index (χ4v) is 2.88. The Morgan fingerprint density at radius 3 is 2.86 bits per heavy atom. The number of anilines is 2. The van der Waals surface area contributed by atoms with Gasteiger partial charge in [-0.3, -0.25) is 10.1 Å². The van der Waals surface area contributed by atoms with Crippen molar-refractivity contribution in [2.75, 3.05) is 23.7 Å². The summed E-state index contributed by atoms with van der Waals surface area (Å²) < 4.78 is 1.73. The number of nitro benzene ring substituents is 1. The molecular weight excluding hydrogens is 304 g/mol. The number of rotatable bonds is 6.